The maximum Gasteiger partial charge on any atom is 0.323 e. The second-order valence-electron chi connectivity index (χ2n) is 4.72. The number of rotatable bonds is 8. The number of hydrogen-bond acceptors (Lipinski definition) is 4. The van der Waals surface area contributed by atoms with Gasteiger partial charge in [-0.05, 0) is 31.2 Å². The molecule has 0 aromatic heterocycles. The maximum atomic E-state index is 12.7. The van der Waals surface area contributed by atoms with Gasteiger partial charge < -0.3 is 14.8 Å². The maximum absolute atomic E-state index is 12.7. The first-order valence-electron chi connectivity index (χ1n) is 6.84. The quantitative estimate of drug-likeness (QED) is 0.745. The van der Waals surface area contributed by atoms with Crippen molar-refractivity contribution in [2.24, 2.45) is 0 Å². The number of hydrogen-bond donors (Lipinski definition) is 1. The van der Waals surface area contributed by atoms with Crippen molar-refractivity contribution in [3.8, 4) is 5.75 Å². The number of esters is 1. The van der Waals surface area contributed by atoms with E-state index in [4.69, 9.17) is 9.47 Å². The van der Waals surface area contributed by atoms with Crippen LogP contribution in [0.25, 0.3) is 0 Å². The Morgan fingerprint density at radius 1 is 1.30 bits per heavy atom. The number of halogens is 1. The summed E-state index contributed by atoms with van der Waals surface area (Å²) in [5, 5.41) is 3.15. The molecule has 0 aliphatic carbocycles. The van der Waals surface area contributed by atoms with E-state index in [1.54, 1.807) is 19.1 Å². The van der Waals surface area contributed by atoms with Gasteiger partial charge in [-0.3, -0.25) is 4.79 Å². The lowest BCUT2D eigenvalue weighted by Gasteiger charge is -2.19. The number of benzene rings is 1. The summed E-state index contributed by atoms with van der Waals surface area (Å²) >= 11 is 0. The average molecular weight is 283 g/mol. The Bertz CT molecular complexity index is 406. The Hall–Kier alpha value is -1.62. The van der Waals surface area contributed by atoms with Crippen molar-refractivity contribution in [3.05, 3.63) is 30.1 Å². The summed E-state index contributed by atoms with van der Waals surface area (Å²) in [6.07, 6.45) is 0.494. The van der Waals surface area contributed by atoms with Gasteiger partial charge in [0, 0.05) is 12.5 Å². The lowest BCUT2D eigenvalue weighted by Crippen LogP contribution is -2.42. The van der Waals surface area contributed by atoms with Crippen molar-refractivity contribution >= 4 is 5.97 Å². The smallest absolute Gasteiger partial charge is 0.323 e. The minimum Gasteiger partial charge on any atom is -0.494 e. The molecule has 20 heavy (non-hydrogen) atoms. The minimum atomic E-state index is -0.393. The lowest BCUT2D eigenvalue weighted by molar-refractivity contribution is -0.146. The van der Waals surface area contributed by atoms with Gasteiger partial charge in [-0.25, -0.2) is 4.39 Å². The Labute approximate surface area is 119 Å². The molecule has 5 heteroatoms. The van der Waals surface area contributed by atoms with E-state index in [-0.39, 0.29) is 17.8 Å². The molecule has 0 fully saturated rings. The van der Waals surface area contributed by atoms with E-state index in [2.05, 4.69) is 5.32 Å². The highest BCUT2D eigenvalue weighted by molar-refractivity contribution is 5.75. The molecule has 1 aromatic carbocycles. The Morgan fingerprint density at radius 2 is 1.95 bits per heavy atom. The number of carbonyl (C=O) groups is 1. The van der Waals surface area contributed by atoms with Crippen molar-refractivity contribution in [2.75, 3.05) is 13.2 Å². The fourth-order valence-corrected chi connectivity index (χ4v) is 1.74. The van der Waals surface area contributed by atoms with E-state index in [9.17, 15) is 9.18 Å². The van der Waals surface area contributed by atoms with E-state index in [0.717, 1.165) is 0 Å². The molecule has 1 atom stereocenters. The van der Waals surface area contributed by atoms with Crippen LogP contribution in [0.2, 0.25) is 0 Å². The van der Waals surface area contributed by atoms with Gasteiger partial charge in [0.1, 0.15) is 17.6 Å². The van der Waals surface area contributed by atoms with Gasteiger partial charge in [0.25, 0.3) is 0 Å². The molecular formula is C15H22FNO3. The third kappa shape index (κ3) is 6.02. The molecular weight excluding hydrogens is 261 g/mol. The van der Waals surface area contributed by atoms with Crippen LogP contribution < -0.4 is 10.1 Å². The fraction of sp³-hybridized carbons (Fsp3) is 0.533. The highest BCUT2D eigenvalue weighted by Crippen LogP contribution is 2.11. The van der Waals surface area contributed by atoms with Crippen molar-refractivity contribution in [1.82, 2.24) is 5.32 Å². The Kier molecular flexibility index (Phi) is 7.01. The summed E-state index contributed by atoms with van der Waals surface area (Å²) in [5.41, 5.74) is 0. The van der Waals surface area contributed by atoms with Gasteiger partial charge in [0.15, 0.2) is 0 Å². The van der Waals surface area contributed by atoms with Gasteiger partial charge in [-0.1, -0.05) is 13.8 Å². The largest absolute Gasteiger partial charge is 0.494 e. The molecule has 0 heterocycles. The van der Waals surface area contributed by atoms with Crippen molar-refractivity contribution < 1.29 is 18.7 Å². The zero-order valence-electron chi connectivity index (χ0n) is 12.2. The number of carbonyl (C=O) groups excluding carboxylic acids is 1. The lowest BCUT2D eigenvalue weighted by atomic mass is 10.2. The molecule has 0 aliphatic heterocycles. The molecule has 1 unspecified atom stereocenters. The normalized spacial score (nSPS) is 12.2. The van der Waals surface area contributed by atoms with Crippen LogP contribution in [0.3, 0.4) is 0 Å². The summed E-state index contributed by atoms with van der Waals surface area (Å²) in [6, 6.07) is 5.58. The molecule has 1 aromatic rings. The first kappa shape index (κ1) is 16.4. The van der Waals surface area contributed by atoms with E-state index >= 15 is 0 Å². The van der Waals surface area contributed by atoms with Gasteiger partial charge in [-0.2, -0.15) is 0 Å². The van der Waals surface area contributed by atoms with Crippen LogP contribution in [-0.2, 0) is 9.53 Å². The summed E-state index contributed by atoms with van der Waals surface area (Å²) in [7, 11) is 0. The predicted molar refractivity (Wildman–Crippen MR) is 75.2 cm³/mol. The van der Waals surface area contributed by atoms with Crippen LogP contribution >= 0.6 is 0 Å². The SMILES string of the molecule is CCOC(=O)C(CCOc1ccc(F)cc1)NC(C)C. The predicted octanol–water partition coefficient (Wildman–Crippen LogP) is 2.52. The van der Waals surface area contributed by atoms with Gasteiger partial charge in [0.2, 0.25) is 0 Å². The fourth-order valence-electron chi connectivity index (χ4n) is 1.74. The molecule has 0 aliphatic rings. The van der Waals surface area contributed by atoms with Crippen LogP contribution in [0.5, 0.6) is 5.75 Å². The van der Waals surface area contributed by atoms with E-state index in [1.807, 2.05) is 13.8 Å². The Balaban J connectivity index is 2.45. The van der Waals surface area contributed by atoms with Crippen LogP contribution in [0.1, 0.15) is 27.2 Å². The van der Waals surface area contributed by atoms with E-state index in [0.29, 0.717) is 25.4 Å². The van der Waals surface area contributed by atoms with Crippen LogP contribution in [-0.4, -0.2) is 31.3 Å². The molecule has 0 bridgehead atoms. The standard InChI is InChI=1S/C15H22FNO3/c1-4-19-15(18)14(17-11(2)3)9-10-20-13-7-5-12(16)6-8-13/h5-8,11,14,17H,4,9-10H2,1-3H3. The van der Waals surface area contributed by atoms with Crippen molar-refractivity contribution in [3.63, 3.8) is 0 Å². The molecule has 112 valence electrons. The second-order valence-corrected chi connectivity index (χ2v) is 4.72. The second kappa shape index (κ2) is 8.53. The highest BCUT2D eigenvalue weighted by Gasteiger charge is 2.20. The Morgan fingerprint density at radius 3 is 2.50 bits per heavy atom. The monoisotopic (exact) mass is 283 g/mol. The summed E-state index contributed by atoms with van der Waals surface area (Å²) < 4.78 is 23.2. The molecule has 0 amide bonds. The first-order valence-corrected chi connectivity index (χ1v) is 6.84. The van der Waals surface area contributed by atoms with Crippen LogP contribution in [0.15, 0.2) is 24.3 Å². The third-order valence-electron chi connectivity index (χ3n) is 2.59. The molecule has 1 N–H and O–H groups in total. The minimum absolute atomic E-state index is 0.176. The van der Waals surface area contributed by atoms with Gasteiger partial charge in [0.05, 0.1) is 13.2 Å². The van der Waals surface area contributed by atoms with Crippen molar-refractivity contribution in [1.29, 1.82) is 0 Å². The van der Waals surface area contributed by atoms with E-state index < -0.39 is 6.04 Å². The summed E-state index contributed by atoms with van der Waals surface area (Å²) in [5.74, 6) is 0.00527. The van der Waals surface area contributed by atoms with Crippen LogP contribution in [0, 0.1) is 5.82 Å². The van der Waals surface area contributed by atoms with E-state index in [1.165, 1.54) is 12.1 Å². The topological polar surface area (TPSA) is 47.6 Å². The first-order chi connectivity index (χ1) is 9.52. The molecule has 4 nitrogen and oxygen atoms in total. The zero-order chi connectivity index (χ0) is 15.0. The van der Waals surface area contributed by atoms with Gasteiger partial charge >= 0.3 is 5.97 Å². The van der Waals surface area contributed by atoms with Crippen LogP contribution in [0.4, 0.5) is 4.39 Å². The molecule has 0 radical (unpaired) electrons. The van der Waals surface area contributed by atoms with Gasteiger partial charge in [-0.15, -0.1) is 0 Å². The molecule has 0 spiro atoms. The number of ether oxygens (including phenoxy) is 2. The molecule has 0 saturated carbocycles. The number of nitrogens with one attached hydrogen (secondary N) is 1. The summed E-state index contributed by atoms with van der Waals surface area (Å²) in [4.78, 5) is 11.8. The summed E-state index contributed by atoms with van der Waals surface area (Å²) in [6.45, 7) is 6.42. The average Bonchev–Trinajstić information content (AvgIpc) is 2.39. The third-order valence-corrected chi connectivity index (χ3v) is 2.59. The highest BCUT2D eigenvalue weighted by atomic mass is 19.1. The van der Waals surface area contributed by atoms with Crippen molar-refractivity contribution in [2.45, 2.75) is 39.3 Å². The molecule has 0 saturated heterocycles. The zero-order valence-corrected chi connectivity index (χ0v) is 12.2. The molecule has 1 rings (SSSR count).